The van der Waals surface area contributed by atoms with Crippen molar-refractivity contribution in [1.29, 1.82) is 0 Å². The van der Waals surface area contributed by atoms with E-state index in [2.05, 4.69) is 26.0 Å². The molecule has 2 unspecified atom stereocenters. The van der Waals surface area contributed by atoms with Crippen molar-refractivity contribution in [3.05, 3.63) is 12.2 Å². The van der Waals surface area contributed by atoms with Crippen LogP contribution in [0.15, 0.2) is 12.2 Å². The maximum absolute atomic E-state index is 12.6. The second-order valence-corrected chi connectivity index (χ2v) is 13.5. The third-order valence-corrected chi connectivity index (χ3v) is 8.15. The molecule has 0 bridgehead atoms. The topological polar surface area (TPSA) is 102 Å². The Bertz CT molecular complexity index is 762. The van der Waals surface area contributed by atoms with Crippen LogP contribution in [-0.4, -0.2) is 75.5 Å². The van der Waals surface area contributed by atoms with Crippen LogP contribution < -0.4 is 5.11 Å². The van der Waals surface area contributed by atoms with Gasteiger partial charge < -0.3 is 28.6 Å². The summed E-state index contributed by atoms with van der Waals surface area (Å²) < 4.78 is 17.0. The zero-order valence-corrected chi connectivity index (χ0v) is 29.8. The molecule has 0 amide bonds. The summed E-state index contributed by atoms with van der Waals surface area (Å²) in [5.41, 5.74) is 0. The largest absolute Gasteiger partial charge is 0.544 e. The second-order valence-electron chi connectivity index (χ2n) is 13.5. The minimum Gasteiger partial charge on any atom is -0.544 e. The first-order valence-corrected chi connectivity index (χ1v) is 18.2. The van der Waals surface area contributed by atoms with Gasteiger partial charge in [-0.15, -0.1) is 0 Å². The lowest BCUT2D eigenvalue weighted by Crippen LogP contribution is -2.55. The lowest BCUT2D eigenvalue weighted by molar-refractivity contribution is -0.889. The number of esters is 2. The van der Waals surface area contributed by atoms with Gasteiger partial charge in [-0.05, 0) is 32.1 Å². The van der Waals surface area contributed by atoms with Crippen molar-refractivity contribution in [3.8, 4) is 0 Å². The van der Waals surface area contributed by atoms with Gasteiger partial charge in [-0.1, -0.05) is 116 Å². The number of likely N-dealkylation sites (N-methyl/N-ethyl adjacent to an activating group) is 1. The molecule has 0 rings (SSSR count). The van der Waals surface area contributed by atoms with Crippen molar-refractivity contribution in [2.24, 2.45) is 0 Å². The molecule has 264 valence electrons. The molecule has 0 aromatic rings. The number of hydrogen-bond donors (Lipinski definition) is 0. The third-order valence-electron chi connectivity index (χ3n) is 8.15. The summed E-state index contributed by atoms with van der Waals surface area (Å²) in [5.74, 6) is -1.75. The van der Waals surface area contributed by atoms with Gasteiger partial charge in [0.1, 0.15) is 12.6 Å². The smallest absolute Gasteiger partial charge is 0.306 e. The van der Waals surface area contributed by atoms with Crippen molar-refractivity contribution >= 4 is 17.9 Å². The second kappa shape index (κ2) is 29.5. The molecule has 0 aliphatic carbocycles. The molecule has 0 aliphatic rings. The minimum absolute atomic E-state index is 0.0425. The monoisotopic (exact) mass is 640 g/mol. The van der Waals surface area contributed by atoms with E-state index >= 15 is 0 Å². The number of allylic oxidation sites excluding steroid dienone is 2. The van der Waals surface area contributed by atoms with E-state index in [0.717, 1.165) is 51.4 Å². The van der Waals surface area contributed by atoms with Crippen LogP contribution in [0.5, 0.6) is 0 Å². The summed E-state index contributed by atoms with van der Waals surface area (Å²) in [6, 6.07) is -0.720. The first kappa shape index (κ1) is 43.1. The molecule has 8 nitrogen and oxygen atoms in total. The lowest BCUT2D eigenvalue weighted by atomic mass is 10.1. The Labute approximate surface area is 276 Å². The highest BCUT2D eigenvalue weighted by Gasteiger charge is 2.25. The van der Waals surface area contributed by atoms with Crippen LogP contribution in [0, 0.1) is 0 Å². The van der Waals surface area contributed by atoms with Crippen molar-refractivity contribution < 1.29 is 38.2 Å². The predicted octanol–water partition coefficient (Wildman–Crippen LogP) is 7.46. The van der Waals surface area contributed by atoms with E-state index in [0.29, 0.717) is 12.8 Å². The summed E-state index contributed by atoms with van der Waals surface area (Å²) in [6.07, 6.45) is 26.6. The fourth-order valence-corrected chi connectivity index (χ4v) is 5.23. The zero-order valence-electron chi connectivity index (χ0n) is 29.8. The number of carbonyl (C=O) groups is 3. The van der Waals surface area contributed by atoms with Crippen LogP contribution in [0.25, 0.3) is 0 Å². The Balaban J connectivity index is 4.45. The summed E-state index contributed by atoms with van der Waals surface area (Å²) in [7, 11) is 5.39. The molecule has 0 aromatic carbocycles. The van der Waals surface area contributed by atoms with E-state index in [9.17, 15) is 19.5 Å². The number of carboxylic acid groups (broad SMARTS) is 1. The molecule has 0 heterocycles. The van der Waals surface area contributed by atoms with Gasteiger partial charge in [0.2, 0.25) is 0 Å². The van der Waals surface area contributed by atoms with Crippen LogP contribution in [-0.2, 0) is 28.6 Å². The fraction of sp³-hybridized carbons (Fsp3) is 0.865. The van der Waals surface area contributed by atoms with Crippen molar-refractivity contribution in [2.45, 2.75) is 167 Å². The van der Waals surface area contributed by atoms with Crippen LogP contribution in [0.2, 0.25) is 0 Å². The highest BCUT2D eigenvalue weighted by molar-refractivity contribution is 5.70. The van der Waals surface area contributed by atoms with E-state index in [1.807, 2.05) is 0 Å². The average molecular weight is 640 g/mol. The van der Waals surface area contributed by atoms with E-state index in [1.54, 1.807) is 21.1 Å². The Morgan fingerprint density at radius 2 is 1.13 bits per heavy atom. The molecule has 0 saturated carbocycles. The number of aliphatic carboxylic acids is 1. The van der Waals surface area contributed by atoms with Gasteiger partial charge in [-0.3, -0.25) is 9.59 Å². The van der Waals surface area contributed by atoms with Gasteiger partial charge in [0, 0.05) is 19.3 Å². The molecule has 0 radical (unpaired) electrons. The lowest BCUT2D eigenvalue weighted by Gasteiger charge is -2.34. The fourth-order valence-electron chi connectivity index (χ4n) is 5.23. The van der Waals surface area contributed by atoms with E-state index in [4.69, 9.17) is 14.2 Å². The zero-order chi connectivity index (χ0) is 33.6. The molecular weight excluding hydrogens is 570 g/mol. The molecule has 0 spiro atoms. The molecule has 45 heavy (non-hydrogen) atoms. The Kier molecular flexibility index (Phi) is 28.2. The number of carbonyl (C=O) groups excluding carboxylic acids is 3. The normalized spacial score (nSPS) is 13.2. The number of hydrogen-bond acceptors (Lipinski definition) is 7. The Morgan fingerprint density at radius 3 is 1.67 bits per heavy atom. The molecule has 0 N–H and O–H groups in total. The minimum atomic E-state index is -1.13. The summed E-state index contributed by atoms with van der Waals surface area (Å²) >= 11 is 0. The summed E-state index contributed by atoms with van der Waals surface area (Å²) in [5, 5.41) is 11.5. The molecule has 0 fully saturated rings. The molecule has 0 saturated heterocycles. The van der Waals surface area contributed by atoms with Gasteiger partial charge in [0.25, 0.3) is 0 Å². The maximum Gasteiger partial charge on any atom is 0.306 e. The van der Waals surface area contributed by atoms with Gasteiger partial charge in [-0.2, -0.15) is 0 Å². The molecule has 0 aliphatic heterocycles. The predicted molar refractivity (Wildman–Crippen MR) is 181 cm³/mol. The standard InChI is InChI=1S/C37H69NO7/c1-6-8-10-12-14-16-18-20-21-23-25-27-35(39)44-32-33(31-43-30-29-34(37(41)42)38(3,4)5)45-36(40)28-26-24-22-19-17-15-13-11-9-7-2/h12,14,33-34H,6-11,13,15-32H2,1-5H3/b14-12+. The first-order valence-electron chi connectivity index (χ1n) is 18.2. The number of quaternary nitrogens is 1. The molecular formula is C37H69NO7. The molecule has 8 heteroatoms. The van der Waals surface area contributed by atoms with Crippen LogP contribution in [0.4, 0.5) is 0 Å². The quantitative estimate of drug-likeness (QED) is 0.0326. The molecule has 0 aromatic heterocycles. The Morgan fingerprint density at radius 1 is 0.644 bits per heavy atom. The van der Waals surface area contributed by atoms with Gasteiger partial charge >= 0.3 is 11.9 Å². The number of rotatable bonds is 32. The number of unbranched alkanes of at least 4 members (excludes halogenated alkanes) is 16. The van der Waals surface area contributed by atoms with Gasteiger partial charge in [-0.25, -0.2) is 0 Å². The van der Waals surface area contributed by atoms with Crippen molar-refractivity contribution in [1.82, 2.24) is 0 Å². The average Bonchev–Trinajstić information content (AvgIpc) is 2.98. The summed E-state index contributed by atoms with van der Waals surface area (Å²) in [6.45, 7) is 4.59. The Hall–Kier alpha value is -1.93. The van der Waals surface area contributed by atoms with Crippen LogP contribution in [0.1, 0.15) is 155 Å². The first-order chi connectivity index (χ1) is 21.6. The van der Waals surface area contributed by atoms with Crippen LogP contribution in [0.3, 0.4) is 0 Å². The van der Waals surface area contributed by atoms with Crippen molar-refractivity contribution in [2.75, 3.05) is 41.0 Å². The highest BCUT2D eigenvalue weighted by atomic mass is 16.6. The number of nitrogens with zero attached hydrogens (tertiary/aromatic N) is 1. The van der Waals surface area contributed by atoms with Gasteiger partial charge in [0.05, 0.1) is 40.3 Å². The van der Waals surface area contributed by atoms with E-state index in [-0.39, 0.29) is 42.7 Å². The van der Waals surface area contributed by atoms with Crippen LogP contribution >= 0.6 is 0 Å². The SMILES string of the molecule is CCCC/C=C/CCCCCCCC(=O)OCC(COCCC(C(=O)[O-])[N+](C)(C)C)OC(=O)CCCCCCCCCCCC. The summed E-state index contributed by atoms with van der Waals surface area (Å²) in [4.78, 5) is 36.5. The number of carboxylic acids is 1. The third kappa shape index (κ3) is 28.1. The van der Waals surface area contributed by atoms with E-state index in [1.165, 1.54) is 70.6 Å². The van der Waals surface area contributed by atoms with E-state index < -0.39 is 18.1 Å². The number of ether oxygens (including phenoxy) is 3. The maximum atomic E-state index is 12.6. The van der Waals surface area contributed by atoms with Crippen molar-refractivity contribution in [3.63, 3.8) is 0 Å². The van der Waals surface area contributed by atoms with Gasteiger partial charge in [0.15, 0.2) is 6.10 Å². The molecule has 2 atom stereocenters. The highest BCUT2D eigenvalue weighted by Crippen LogP contribution is 2.13.